The molecule has 0 aliphatic heterocycles. The molecule has 0 aliphatic rings. The van der Waals surface area contributed by atoms with Crippen molar-refractivity contribution in [3.63, 3.8) is 0 Å². The summed E-state index contributed by atoms with van der Waals surface area (Å²) in [6.07, 6.45) is 1.76. The number of hydrogen-bond donors (Lipinski definition) is 2. The van der Waals surface area contributed by atoms with Gasteiger partial charge < -0.3 is 10.6 Å². The molecule has 0 fully saturated rings. The topological polar surface area (TPSA) is 79.8 Å². The molecule has 0 aliphatic carbocycles. The molecule has 1 unspecified atom stereocenters. The summed E-state index contributed by atoms with van der Waals surface area (Å²) in [5.41, 5.74) is 4.12. The number of pyridine rings is 1. The number of aryl methyl sites for hydroxylation is 3. The van der Waals surface area contributed by atoms with Crippen molar-refractivity contribution in [3.05, 3.63) is 99.9 Å². The number of carbonyl (C=O) groups is 1. The Kier molecular flexibility index (Phi) is 6.04. The lowest BCUT2D eigenvalue weighted by atomic mass is 10.0. The zero-order valence-corrected chi connectivity index (χ0v) is 18.4. The summed E-state index contributed by atoms with van der Waals surface area (Å²) < 4.78 is 0. The maximum atomic E-state index is 12.8. The Bertz CT molecular complexity index is 1170. The molecule has 4 aromatic rings. The predicted octanol–water partition coefficient (Wildman–Crippen LogP) is 5.31. The van der Waals surface area contributed by atoms with Crippen molar-refractivity contribution in [2.45, 2.75) is 26.8 Å². The first-order valence-corrected chi connectivity index (χ1v) is 10.8. The third kappa shape index (κ3) is 4.95. The second-order valence-corrected chi connectivity index (χ2v) is 8.52. The smallest absolute Gasteiger partial charge is 0.256 e. The number of amides is 1. The van der Waals surface area contributed by atoms with Crippen molar-refractivity contribution in [3.8, 4) is 0 Å². The van der Waals surface area contributed by atoms with Gasteiger partial charge in [0.2, 0.25) is 5.95 Å². The molecular weight excluding hydrogens is 406 g/mol. The summed E-state index contributed by atoms with van der Waals surface area (Å²) in [5.74, 6) is 0.378. The van der Waals surface area contributed by atoms with Gasteiger partial charge in [0.25, 0.3) is 5.91 Å². The van der Waals surface area contributed by atoms with E-state index in [1.165, 1.54) is 11.3 Å². The zero-order chi connectivity index (χ0) is 21.8. The number of anilines is 2. The fraction of sp³-hybridized carbons (Fsp3) is 0.167. The van der Waals surface area contributed by atoms with Gasteiger partial charge in [0, 0.05) is 33.6 Å². The number of nitrogens with one attached hydrogen (secondary N) is 2. The molecule has 0 saturated carbocycles. The van der Waals surface area contributed by atoms with Crippen LogP contribution in [-0.4, -0.2) is 20.9 Å². The molecule has 0 radical (unpaired) electrons. The van der Waals surface area contributed by atoms with E-state index in [1.807, 2.05) is 63.2 Å². The first kappa shape index (κ1) is 20.7. The Labute approximate surface area is 185 Å². The van der Waals surface area contributed by atoms with Crippen LogP contribution in [0.4, 0.5) is 10.9 Å². The molecule has 0 bridgehead atoms. The molecule has 4 rings (SSSR count). The number of carbonyl (C=O) groups excluding carboxylic acids is 1. The van der Waals surface area contributed by atoms with Crippen LogP contribution in [0.15, 0.2) is 66.9 Å². The van der Waals surface area contributed by atoms with E-state index in [4.69, 9.17) is 0 Å². The molecule has 3 heterocycles. The highest BCUT2D eigenvalue weighted by atomic mass is 32.1. The lowest BCUT2D eigenvalue weighted by Crippen LogP contribution is -2.18. The maximum absolute atomic E-state index is 12.8. The lowest BCUT2D eigenvalue weighted by Gasteiger charge is -2.20. The van der Waals surface area contributed by atoms with Gasteiger partial charge in [0.05, 0.1) is 11.7 Å². The van der Waals surface area contributed by atoms with Crippen LogP contribution in [-0.2, 0) is 0 Å². The van der Waals surface area contributed by atoms with E-state index in [1.54, 1.807) is 18.3 Å². The molecule has 156 valence electrons. The Morgan fingerprint density at radius 2 is 1.65 bits per heavy atom. The van der Waals surface area contributed by atoms with Gasteiger partial charge in [-0.2, -0.15) is 0 Å². The number of thiophene rings is 1. The maximum Gasteiger partial charge on any atom is 0.256 e. The number of aromatic nitrogens is 3. The van der Waals surface area contributed by atoms with Crippen LogP contribution >= 0.6 is 11.3 Å². The molecule has 6 nitrogen and oxygen atoms in total. The van der Waals surface area contributed by atoms with Crippen LogP contribution in [0, 0.1) is 20.8 Å². The average molecular weight is 430 g/mol. The average Bonchev–Trinajstić information content (AvgIpc) is 3.12. The minimum atomic E-state index is -0.321. The summed E-state index contributed by atoms with van der Waals surface area (Å²) in [6, 6.07) is 18.7. The summed E-state index contributed by atoms with van der Waals surface area (Å²) in [7, 11) is 0. The van der Waals surface area contributed by atoms with Crippen LogP contribution in [0.25, 0.3) is 0 Å². The quantitative estimate of drug-likeness (QED) is 0.434. The highest BCUT2D eigenvalue weighted by Crippen LogP contribution is 2.36. The summed E-state index contributed by atoms with van der Waals surface area (Å²) in [4.78, 5) is 27.5. The number of nitrogens with zero attached hydrogens (tertiary/aromatic N) is 3. The third-order valence-corrected chi connectivity index (χ3v) is 5.68. The van der Waals surface area contributed by atoms with Gasteiger partial charge in [-0.1, -0.05) is 24.3 Å². The third-order valence-electron chi connectivity index (χ3n) is 4.70. The van der Waals surface area contributed by atoms with Crippen LogP contribution in [0.5, 0.6) is 0 Å². The highest BCUT2D eigenvalue weighted by molar-refractivity contribution is 7.16. The standard InChI is InChI=1S/C24H23N5OS/c1-15-13-16(2)27-24(26-15)28-21(20-11-7-8-12-25-20)19-14-17(3)31-23(19)29-22(30)18-9-5-4-6-10-18/h4-14,21H,1-3H3,(H,29,30)(H,26,27,28). The van der Waals surface area contributed by atoms with Gasteiger partial charge in [0.15, 0.2) is 0 Å². The molecule has 0 spiro atoms. The van der Waals surface area contributed by atoms with Gasteiger partial charge >= 0.3 is 0 Å². The van der Waals surface area contributed by atoms with E-state index in [0.717, 1.165) is 32.5 Å². The van der Waals surface area contributed by atoms with Crippen LogP contribution in [0.3, 0.4) is 0 Å². The van der Waals surface area contributed by atoms with Gasteiger partial charge in [-0.3, -0.25) is 9.78 Å². The van der Waals surface area contributed by atoms with E-state index in [9.17, 15) is 4.79 Å². The Balaban J connectivity index is 1.72. The zero-order valence-electron chi connectivity index (χ0n) is 17.6. The first-order valence-electron chi connectivity index (χ1n) is 9.96. The highest BCUT2D eigenvalue weighted by Gasteiger charge is 2.23. The number of hydrogen-bond acceptors (Lipinski definition) is 6. The molecule has 1 atom stereocenters. The fourth-order valence-corrected chi connectivity index (χ4v) is 4.33. The van der Waals surface area contributed by atoms with Gasteiger partial charge in [-0.05, 0) is 57.2 Å². The molecule has 3 aromatic heterocycles. The predicted molar refractivity (Wildman–Crippen MR) is 125 cm³/mol. The fourth-order valence-electron chi connectivity index (χ4n) is 3.39. The molecule has 1 amide bonds. The SMILES string of the molecule is Cc1cc(C)nc(NC(c2ccccn2)c2cc(C)sc2NC(=O)c2ccccc2)n1. The van der Waals surface area contributed by atoms with E-state index in [0.29, 0.717) is 11.5 Å². The van der Waals surface area contributed by atoms with E-state index < -0.39 is 0 Å². The minimum Gasteiger partial charge on any atom is -0.342 e. The molecule has 7 heteroatoms. The largest absolute Gasteiger partial charge is 0.342 e. The van der Waals surface area contributed by atoms with Gasteiger partial charge in [0.1, 0.15) is 5.00 Å². The normalized spacial score (nSPS) is 11.7. The van der Waals surface area contributed by atoms with Crippen molar-refractivity contribution in [2.75, 3.05) is 10.6 Å². The lowest BCUT2D eigenvalue weighted by molar-refractivity contribution is 0.102. The minimum absolute atomic E-state index is 0.147. The summed E-state index contributed by atoms with van der Waals surface area (Å²) in [6.45, 7) is 5.90. The molecule has 31 heavy (non-hydrogen) atoms. The van der Waals surface area contributed by atoms with E-state index in [-0.39, 0.29) is 11.9 Å². The molecular formula is C24H23N5OS. The van der Waals surface area contributed by atoms with E-state index in [2.05, 4.69) is 31.7 Å². The first-order chi connectivity index (χ1) is 15.0. The monoisotopic (exact) mass is 429 g/mol. The van der Waals surface area contributed by atoms with E-state index >= 15 is 0 Å². The van der Waals surface area contributed by atoms with Crippen molar-refractivity contribution in [1.82, 2.24) is 15.0 Å². The second-order valence-electron chi connectivity index (χ2n) is 7.27. The Morgan fingerprint density at radius 1 is 0.935 bits per heavy atom. The second kappa shape index (κ2) is 9.06. The van der Waals surface area contributed by atoms with Gasteiger partial charge in [-0.25, -0.2) is 9.97 Å². The van der Waals surface area contributed by atoms with Crippen LogP contribution < -0.4 is 10.6 Å². The van der Waals surface area contributed by atoms with Crippen molar-refractivity contribution in [1.29, 1.82) is 0 Å². The Morgan fingerprint density at radius 3 is 2.32 bits per heavy atom. The molecule has 1 aromatic carbocycles. The molecule has 2 N–H and O–H groups in total. The van der Waals surface area contributed by atoms with Crippen LogP contribution in [0.2, 0.25) is 0 Å². The van der Waals surface area contributed by atoms with Crippen LogP contribution in [0.1, 0.15) is 43.9 Å². The number of rotatable bonds is 6. The molecule has 0 saturated heterocycles. The number of benzene rings is 1. The van der Waals surface area contributed by atoms with Gasteiger partial charge in [-0.15, -0.1) is 11.3 Å². The summed E-state index contributed by atoms with van der Waals surface area (Å²) in [5, 5.41) is 7.28. The van der Waals surface area contributed by atoms with Crippen molar-refractivity contribution >= 4 is 28.2 Å². The summed E-state index contributed by atoms with van der Waals surface area (Å²) >= 11 is 1.54. The van der Waals surface area contributed by atoms with Crippen molar-refractivity contribution in [2.24, 2.45) is 0 Å². The van der Waals surface area contributed by atoms with Crippen molar-refractivity contribution < 1.29 is 4.79 Å². The Hall–Kier alpha value is -3.58.